The molecule has 1 saturated heterocycles. The fraction of sp³-hybridized carbons (Fsp3) is 0.387. The van der Waals surface area contributed by atoms with Crippen LogP contribution in [0.4, 0.5) is 13.2 Å². The second-order valence-corrected chi connectivity index (χ2v) is 11.5. The van der Waals surface area contributed by atoms with Crippen molar-refractivity contribution in [2.45, 2.75) is 58.7 Å². The zero-order chi connectivity index (χ0) is 31.3. The second kappa shape index (κ2) is 11.5. The molecule has 3 heterocycles. The van der Waals surface area contributed by atoms with Crippen molar-refractivity contribution in [3.63, 3.8) is 0 Å². The zero-order valence-corrected chi connectivity index (χ0v) is 24.9. The predicted molar refractivity (Wildman–Crippen MR) is 153 cm³/mol. The lowest BCUT2D eigenvalue weighted by Crippen LogP contribution is -2.57. The van der Waals surface area contributed by atoms with E-state index in [-0.39, 0.29) is 29.5 Å². The van der Waals surface area contributed by atoms with Crippen LogP contribution in [0, 0.1) is 24.4 Å². The van der Waals surface area contributed by atoms with Crippen LogP contribution >= 0.6 is 0 Å². The molecule has 0 spiro atoms. The Kier molecular flexibility index (Phi) is 7.74. The van der Waals surface area contributed by atoms with Gasteiger partial charge in [0, 0.05) is 55.1 Å². The molecule has 2 aromatic carbocycles. The normalized spacial score (nSPS) is 18.5. The number of aromatic nitrogens is 5. The van der Waals surface area contributed by atoms with E-state index in [1.807, 2.05) is 26.8 Å². The Hall–Kier alpha value is -4.52. The summed E-state index contributed by atoms with van der Waals surface area (Å²) in [6.07, 6.45) is 3.92. The minimum atomic E-state index is -1.11. The van der Waals surface area contributed by atoms with Gasteiger partial charge in [0.05, 0.1) is 24.7 Å². The number of methoxy groups -OCH3 is 1. The summed E-state index contributed by atoms with van der Waals surface area (Å²) in [6.45, 7) is 7.15. The fourth-order valence-corrected chi connectivity index (χ4v) is 6.25. The van der Waals surface area contributed by atoms with E-state index in [4.69, 9.17) is 0 Å². The maximum absolute atomic E-state index is 14.9. The van der Waals surface area contributed by atoms with Crippen LogP contribution in [0.3, 0.4) is 0 Å². The van der Waals surface area contributed by atoms with Crippen LogP contribution in [-0.2, 0) is 24.1 Å². The summed E-state index contributed by atoms with van der Waals surface area (Å²) in [5, 5.41) is 12.8. The third-order valence-electron chi connectivity index (χ3n) is 8.42. The van der Waals surface area contributed by atoms with Gasteiger partial charge in [-0.15, -0.1) is 5.10 Å². The van der Waals surface area contributed by atoms with Crippen LogP contribution in [0.1, 0.15) is 63.6 Å². The molecule has 1 fully saturated rings. The Morgan fingerprint density at radius 1 is 1.00 bits per heavy atom. The van der Waals surface area contributed by atoms with Gasteiger partial charge in [-0.25, -0.2) is 27.3 Å². The fourth-order valence-electron chi connectivity index (χ4n) is 6.25. The van der Waals surface area contributed by atoms with Gasteiger partial charge >= 0.3 is 5.97 Å². The van der Waals surface area contributed by atoms with Crippen molar-refractivity contribution < 1.29 is 27.5 Å². The van der Waals surface area contributed by atoms with Gasteiger partial charge in [-0.2, -0.15) is 5.10 Å². The summed E-state index contributed by atoms with van der Waals surface area (Å²) in [4.78, 5) is 29.5. The van der Waals surface area contributed by atoms with E-state index in [2.05, 4.69) is 25.0 Å². The van der Waals surface area contributed by atoms with Gasteiger partial charge in [-0.3, -0.25) is 9.69 Å². The summed E-state index contributed by atoms with van der Waals surface area (Å²) in [7, 11) is 1.05. The molecule has 0 bridgehead atoms. The van der Waals surface area contributed by atoms with Crippen molar-refractivity contribution in [1.82, 2.24) is 34.6 Å². The average molecular weight is 608 g/mol. The number of aryl methyl sites for hydroxylation is 1. The van der Waals surface area contributed by atoms with E-state index in [9.17, 15) is 22.8 Å². The first kappa shape index (κ1) is 29.5. The van der Waals surface area contributed by atoms with Crippen LogP contribution in [0.15, 0.2) is 36.5 Å². The highest BCUT2D eigenvalue weighted by Gasteiger charge is 2.36. The number of rotatable bonds is 6. The van der Waals surface area contributed by atoms with Crippen LogP contribution in [0.2, 0.25) is 0 Å². The van der Waals surface area contributed by atoms with Crippen LogP contribution < -0.4 is 0 Å². The van der Waals surface area contributed by atoms with Gasteiger partial charge in [0.15, 0.2) is 5.69 Å². The summed E-state index contributed by atoms with van der Waals surface area (Å²) >= 11 is 0. The van der Waals surface area contributed by atoms with Crippen molar-refractivity contribution in [1.29, 1.82) is 0 Å². The number of nitrogens with zero attached hydrogens (tertiary/aromatic N) is 7. The standard InChI is InChI=1S/C31H32F3N7O3/c1-17-8-9-27(23(32)10-17)41-26-7-5-6-22(26)29(36-41)30(42)38-13-18(2)39(19(3)14-38)15-20-16-40(37-35-20)21-11-24(33)28(25(34)12-21)31(43)44-4/h8-12,16,18-19H,5-7,13-15H2,1-4H3/t18-,19+. The van der Waals surface area contributed by atoms with Crippen LogP contribution in [-0.4, -0.2) is 78.7 Å². The molecule has 4 aromatic rings. The van der Waals surface area contributed by atoms with Crippen LogP contribution in [0.5, 0.6) is 0 Å². The van der Waals surface area contributed by atoms with E-state index in [1.165, 1.54) is 10.7 Å². The quantitative estimate of drug-likeness (QED) is 0.303. The number of esters is 1. The largest absolute Gasteiger partial charge is 0.465 e. The molecule has 0 saturated carbocycles. The number of piperazine rings is 1. The molecular formula is C31H32F3N7O3. The van der Waals surface area contributed by atoms with Crippen molar-refractivity contribution in [3.8, 4) is 11.4 Å². The van der Waals surface area contributed by atoms with Crippen molar-refractivity contribution in [2.75, 3.05) is 20.2 Å². The summed E-state index contributed by atoms with van der Waals surface area (Å²) in [5.41, 5.74) is 3.18. The molecule has 13 heteroatoms. The maximum atomic E-state index is 14.9. The second-order valence-electron chi connectivity index (χ2n) is 11.5. The monoisotopic (exact) mass is 607 g/mol. The van der Waals surface area contributed by atoms with Gasteiger partial charge in [-0.1, -0.05) is 11.3 Å². The molecule has 2 aromatic heterocycles. The van der Waals surface area contributed by atoms with Crippen molar-refractivity contribution in [3.05, 3.63) is 87.8 Å². The first-order valence-corrected chi connectivity index (χ1v) is 14.5. The van der Waals surface area contributed by atoms with Gasteiger partial charge in [0.25, 0.3) is 5.91 Å². The number of fused-ring (bicyclic) bond motifs is 1. The van der Waals surface area contributed by atoms with Gasteiger partial charge < -0.3 is 9.64 Å². The van der Waals surface area contributed by atoms with E-state index < -0.39 is 23.2 Å². The van der Waals surface area contributed by atoms with E-state index in [1.54, 1.807) is 21.8 Å². The Labute approximate surface area is 252 Å². The Morgan fingerprint density at radius 2 is 1.70 bits per heavy atom. The molecule has 2 aliphatic rings. The number of carbonyl (C=O) groups is 2. The molecule has 1 amide bonds. The topological polar surface area (TPSA) is 98.4 Å². The van der Waals surface area contributed by atoms with Crippen molar-refractivity contribution >= 4 is 11.9 Å². The number of hydrogen-bond acceptors (Lipinski definition) is 7. The third-order valence-corrected chi connectivity index (χ3v) is 8.42. The van der Waals surface area contributed by atoms with Gasteiger partial charge in [0.1, 0.15) is 28.7 Å². The highest BCUT2D eigenvalue weighted by atomic mass is 19.1. The third kappa shape index (κ3) is 5.25. The summed E-state index contributed by atoms with van der Waals surface area (Å²) < 4.78 is 51.1. The van der Waals surface area contributed by atoms with Gasteiger partial charge in [-0.05, 0) is 57.7 Å². The number of benzene rings is 2. The van der Waals surface area contributed by atoms with E-state index in [0.29, 0.717) is 36.7 Å². The highest BCUT2D eigenvalue weighted by molar-refractivity contribution is 5.94. The number of hydrogen-bond donors (Lipinski definition) is 0. The molecule has 1 aliphatic heterocycles. The number of halogens is 3. The Balaban J connectivity index is 1.17. The van der Waals surface area contributed by atoms with E-state index in [0.717, 1.165) is 55.3 Å². The van der Waals surface area contributed by atoms with Crippen LogP contribution in [0.25, 0.3) is 11.4 Å². The summed E-state index contributed by atoms with van der Waals surface area (Å²) in [5.74, 6) is -3.78. The zero-order valence-electron chi connectivity index (χ0n) is 24.9. The maximum Gasteiger partial charge on any atom is 0.343 e. The first-order valence-electron chi connectivity index (χ1n) is 14.5. The lowest BCUT2D eigenvalue weighted by atomic mass is 10.1. The predicted octanol–water partition coefficient (Wildman–Crippen LogP) is 4.19. The molecule has 230 valence electrons. The average Bonchev–Trinajstić information content (AvgIpc) is 3.72. The lowest BCUT2D eigenvalue weighted by molar-refractivity contribution is 0.0259. The lowest BCUT2D eigenvalue weighted by Gasteiger charge is -2.44. The Morgan fingerprint density at radius 3 is 2.36 bits per heavy atom. The molecule has 44 heavy (non-hydrogen) atoms. The molecule has 0 radical (unpaired) electrons. The van der Waals surface area contributed by atoms with Crippen molar-refractivity contribution in [2.24, 2.45) is 0 Å². The first-order chi connectivity index (χ1) is 21.0. The number of carbonyl (C=O) groups excluding carboxylic acids is 2. The number of ether oxygens (including phenoxy) is 1. The smallest absolute Gasteiger partial charge is 0.343 e. The molecular weight excluding hydrogens is 575 g/mol. The molecule has 2 atom stereocenters. The molecule has 10 nitrogen and oxygen atoms in total. The molecule has 0 N–H and O–H groups in total. The SMILES string of the molecule is COC(=O)c1c(F)cc(-n2cc(CN3[C@H](C)CN(C(=O)c4nn(-c5ccc(C)cc5F)c5c4CCC5)C[C@@H]3C)nn2)cc1F. The molecule has 0 unspecified atom stereocenters. The molecule has 6 rings (SSSR count). The molecule has 1 aliphatic carbocycles. The van der Waals surface area contributed by atoms with E-state index >= 15 is 0 Å². The Bertz CT molecular complexity index is 1730. The minimum absolute atomic E-state index is 0.0493. The minimum Gasteiger partial charge on any atom is -0.465 e. The summed E-state index contributed by atoms with van der Waals surface area (Å²) in [6, 6.07) is 6.90. The van der Waals surface area contributed by atoms with Gasteiger partial charge in [0.2, 0.25) is 0 Å². The number of amides is 1. The highest BCUT2D eigenvalue weighted by Crippen LogP contribution is 2.31.